The number of aryl methyl sites for hydroxylation is 2. The Balaban J connectivity index is 2.36. The number of hydrogen-bond acceptors (Lipinski definition) is 1. The van der Waals surface area contributed by atoms with Crippen LogP contribution in [0.1, 0.15) is 52.2 Å². The van der Waals surface area contributed by atoms with E-state index in [-0.39, 0.29) is 5.91 Å². The molecule has 0 unspecified atom stereocenters. The lowest BCUT2D eigenvalue weighted by molar-refractivity contribution is -0.121. The van der Waals surface area contributed by atoms with Crippen LogP contribution in [0.5, 0.6) is 0 Å². The fourth-order valence-corrected chi connectivity index (χ4v) is 2.76. The van der Waals surface area contributed by atoms with Gasteiger partial charge in [-0.3, -0.25) is 4.79 Å². The molecule has 0 spiro atoms. The minimum atomic E-state index is 0.167. The first-order valence-electron chi connectivity index (χ1n) is 8.28. The van der Waals surface area contributed by atoms with Crippen LogP contribution in [0.25, 0.3) is 0 Å². The Morgan fingerprint density at radius 2 is 1.52 bits per heavy atom. The van der Waals surface area contributed by atoms with Crippen molar-refractivity contribution in [3.63, 3.8) is 0 Å². The highest BCUT2D eigenvalue weighted by Crippen LogP contribution is 2.19. The number of rotatable bonds is 8. The molecular weight excluding hydrogens is 258 g/mol. The van der Waals surface area contributed by atoms with Gasteiger partial charge in [0.15, 0.2) is 0 Å². The average Bonchev–Trinajstić information content (AvgIpc) is 2.45. The Kier molecular flexibility index (Phi) is 7.49. The Morgan fingerprint density at radius 1 is 1.00 bits per heavy atom. The third-order valence-electron chi connectivity index (χ3n) is 4.32. The van der Waals surface area contributed by atoms with Crippen molar-refractivity contribution < 1.29 is 4.79 Å². The highest BCUT2D eigenvalue weighted by Gasteiger charge is 2.17. The SMILES string of the molecule is CCc1ccc(CCC(=O)NCC(C(C)C)C(C)C)cc1. The van der Waals surface area contributed by atoms with Crippen LogP contribution in [-0.4, -0.2) is 12.5 Å². The standard InChI is InChI=1S/C19H31NO/c1-6-16-7-9-17(10-8-16)11-12-19(21)20-13-18(14(2)3)15(4)5/h7-10,14-15,18H,6,11-13H2,1-5H3,(H,20,21). The molecule has 0 fully saturated rings. The summed E-state index contributed by atoms with van der Waals surface area (Å²) in [5.74, 6) is 1.93. The molecule has 0 saturated carbocycles. The zero-order valence-electron chi connectivity index (χ0n) is 14.3. The normalized spacial score (nSPS) is 11.4. The van der Waals surface area contributed by atoms with Gasteiger partial charge in [0, 0.05) is 13.0 Å². The summed E-state index contributed by atoms with van der Waals surface area (Å²) in [4.78, 5) is 12.0. The van der Waals surface area contributed by atoms with Gasteiger partial charge in [-0.25, -0.2) is 0 Å². The van der Waals surface area contributed by atoms with Crippen LogP contribution < -0.4 is 5.32 Å². The maximum atomic E-state index is 12.0. The molecule has 0 aliphatic rings. The number of nitrogens with one attached hydrogen (secondary N) is 1. The van der Waals surface area contributed by atoms with Crippen molar-refractivity contribution in [1.29, 1.82) is 0 Å². The smallest absolute Gasteiger partial charge is 0.220 e. The van der Waals surface area contributed by atoms with E-state index in [1.165, 1.54) is 11.1 Å². The lowest BCUT2D eigenvalue weighted by Crippen LogP contribution is -2.34. The van der Waals surface area contributed by atoms with Crippen molar-refractivity contribution in [2.45, 2.75) is 53.9 Å². The van der Waals surface area contributed by atoms with Gasteiger partial charge in [-0.2, -0.15) is 0 Å². The molecule has 1 aromatic rings. The molecule has 21 heavy (non-hydrogen) atoms. The molecule has 2 heteroatoms. The molecule has 0 aliphatic carbocycles. The van der Waals surface area contributed by atoms with Gasteiger partial charge in [0.25, 0.3) is 0 Å². The fraction of sp³-hybridized carbons (Fsp3) is 0.632. The summed E-state index contributed by atoms with van der Waals surface area (Å²) in [6.45, 7) is 11.9. The Hall–Kier alpha value is -1.31. The average molecular weight is 289 g/mol. The largest absolute Gasteiger partial charge is 0.356 e. The maximum absolute atomic E-state index is 12.0. The fourth-order valence-electron chi connectivity index (χ4n) is 2.76. The van der Waals surface area contributed by atoms with Crippen molar-refractivity contribution in [3.05, 3.63) is 35.4 Å². The molecule has 0 radical (unpaired) electrons. The summed E-state index contributed by atoms with van der Waals surface area (Å²) in [6.07, 6.45) is 2.46. The summed E-state index contributed by atoms with van der Waals surface area (Å²) >= 11 is 0. The lowest BCUT2D eigenvalue weighted by atomic mass is 9.85. The van der Waals surface area contributed by atoms with Crippen molar-refractivity contribution in [3.8, 4) is 0 Å². The molecule has 0 aromatic heterocycles. The van der Waals surface area contributed by atoms with E-state index in [1.54, 1.807) is 0 Å². The summed E-state index contributed by atoms with van der Waals surface area (Å²) in [6, 6.07) is 8.58. The Bertz CT molecular complexity index is 412. The van der Waals surface area contributed by atoms with E-state index in [0.717, 1.165) is 19.4 Å². The van der Waals surface area contributed by atoms with Gasteiger partial charge in [0.1, 0.15) is 0 Å². The van der Waals surface area contributed by atoms with Crippen molar-refractivity contribution >= 4 is 5.91 Å². The summed E-state index contributed by atoms with van der Waals surface area (Å²) in [5.41, 5.74) is 2.59. The number of benzene rings is 1. The molecule has 1 amide bonds. The van der Waals surface area contributed by atoms with Crippen LogP contribution in [0.4, 0.5) is 0 Å². The third kappa shape index (κ3) is 6.33. The Labute approximate surface area is 130 Å². The van der Waals surface area contributed by atoms with Gasteiger partial charge in [-0.1, -0.05) is 58.9 Å². The van der Waals surface area contributed by atoms with Crippen molar-refractivity contribution in [2.24, 2.45) is 17.8 Å². The monoisotopic (exact) mass is 289 g/mol. The summed E-state index contributed by atoms with van der Waals surface area (Å²) in [5, 5.41) is 3.10. The van der Waals surface area contributed by atoms with Gasteiger partial charge in [-0.05, 0) is 41.7 Å². The minimum Gasteiger partial charge on any atom is -0.356 e. The second-order valence-electron chi connectivity index (χ2n) is 6.63. The van der Waals surface area contributed by atoms with Gasteiger partial charge >= 0.3 is 0 Å². The first-order valence-corrected chi connectivity index (χ1v) is 8.28. The predicted octanol–water partition coefficient (Wildman–Crippen LogP) is 4.23. The quantitative estimate of drug-likeness (QED) is 0.762. The summed E-state index contributed by atoms with van der Waals surface area (Å²) < 4.78 is 0. The van der Waals surface area contributed by atoms with E-state index >= 15 is 0 Å². The molecule has 0 atom stereocenters. The second kappa shape index (κ2) is 8.86. The highest BCUT2D eigenvalue weighted by molar-refractivity contribution is 5.76. The van der Waals surface area contributed by atoms with E-state index in [1.807, 2.05) is 0 Å². The molecule has 118 valence electrons. The number of amides is 1. The van der Waals surface area contributed by atoms with E-state index < -0.39 is 0 Å². The molecule has 0 bridgehead atoms. The zero-order chi connectivity index (χ0) is 15.8. The van der Waals surface area contributed by atoms with E-state index in [2.05, 4.69) is 64.2 Å². The van der Waals surface area contributed by atoms with Gasteiger partial charge in [-0.15, -0.1) is 0 Å². The van der Waals surface area contributed by atoms with E-state index in [9.17, 15) is 4.79 Å². The maximum Gasteiger partial charge on any atom is 0.220 e. The molecular formula is C19H31NO. The van der Waals surface area contributed by atoms with Crippen LogP contribution in [0.3, 0.4) is 0 Å². The first-order chi connectivity index (χ1) is 9.93. The van der Waals surface area contributed by atoms with Crippen LogP contribution in [0, 0.1) is 17.8 Å². The predicted molar refractivity (Wildman–Crippen MR) is 90.3 cm³/mol. The van der Waals surface area contributed by atoms with Crippen LogP contribution in [-0.2, 0) is 17.6 Å². The van der Waals surface area contributed by atoms with E-state index in [4.69, 9.17) is 0 Å². The number of carbonyl (C=O) groups excluding carboxylic acids is 1. The molecule has 1 N–H and O–H groups in total. The van der Waals surface area contributed by atoms with Crippen molar-refractivity contribution in [2.75, 3.05) is 6.54 Å². The summed E-state index contributed by atoms with van der Waals surface area (Å²) in [7, 11) is 0. The highest BCUT2D eigenvalue weighted by atomic mass is 16.1. The van der Waals surface area contributed by atoms with Gasteiger partial charge < -0.3 is 5.32 Å². The molecule has 1 aromatic carbocycles. The molecule has 1 rings (SSSR count). The van der Waals surface area contributed by atoms with Crippen LogP contribution in [0.15, 0.2) is 24.3 Å². The third-order valence-corrected chi connectivity index (χ3v) is 4.32. The number of carbonyl (C=O) groups is 1. The molecule has 0 saturated heterocycles. The molecule has 0 aliphatic heterocycles. The van der Waals surface area contributed by atoms with Crippen LogP contribution in [0.2, 0.25) is 0 Å². The zero-order valence-corrected chi connectivity index (χ0v) is 14.3. The first kappa shape index (κ1) is 17.7. The van der Waals surface area contributed by atoms with Gasteiger partial charge in [0.05, 0.1) is 0 Å². The molecule has 0 heterocycles. The lowest BCUT2D eigenvalue weighted by Gasteiger charge is -2.25. The van der Waals surface area contributed by atoms with E-state index in [0.29, 0.717) is 24.2 Å². The topological polar surface area (TPSA) is 29.1 Å². The number of hydrogen-bond donors (Lipinski definition) is 1. The Morgan fingerprint density at radius 3 is 2.00 bits per heavy atom. The molecule has 2 nitrogen and oxygen atoms in total. The minimum absolute atomic E-state index is 0.167. The second-order valence-corrected chi connectivity index (χ2v) is 6.63. The van der Waals surface area contributed by atoms with Crippen molar-refractivity contribution in [1.82, 2.24) is 5.32 Å². The van der Waals surface area contributed by atoms with Gasteiger partial charge in [0.2, 0.25) is 5.91 Å². The van der Waals surface area contributed by atoms with Crippen LogP contribution >= 0.6 is 0 Å².